The molecule has 2 heteroatoms. The third-order valence-corrected chi connectivity index (χ3v) is 13.9. The summed E-state index contributed by atoms with van der Waals surface area (Å²) in [7, 11) is 0. The molecule has 0 fully saturated rings. The molecule has 2 aromatic carbocycles. The zero-order valence-corrected chi connectivity index (χ0v) is 39.4. The number of para-hydroxylation sites is 2. The Morgan fingerprint density at radius 3 is 1.36 bits per heavy atom. The van der Waals surface area contributed by atoms with Crippen LogP contribution in [0.25, 0.3) is 0 Å². The Morgan fingerprint density at radius 2 is 0.864 bits per heavy atom. The molecule has 0 aromatic heterocycles. The van der Waals surface area contributed by atoms with Gasteiger partial charge in [0.05, 0.1) is 5.92 Å². The zero-order chi connectivity index (χ0) is 41.6. The number of unbranched alkanes of at least 4 members (excludes halogenated alkanes) is 30. The van der Waals surface area contributed by atoms with Crippen molar-refractivity contribution in [2.45, 2.75) is 245 Å². The van der Waals surface area contributed by atoms with Crippen molar-refractivity contribution in [1.29, 1.82) is 0 Å². The molecule has 0 N–H and O–H groups in total. The fraction of sp³-hybridized carbons (Fsp3) is 0.702. The zero-order valence-electron chi connectivity index (χ0n) is 39.4. The molecule has 2 heterocycles. The molecule has 0 spiro atoms. The van der Waals surface area contributed by atoms with Gasteiger partial charge >= 0.3 is 0 Å². The molecule has 0 saturated heterocycles. The number of hydrogen-bond donors (Lipinski definition) is 0. The molecule has 0 amide bonds. The van der Waals surface area contributed by atoms with E-state index < -0.39 is 0 Å². The van der Waals surface area contributed by atoms with E-state index in [2.05, 4.69) is 104 Å². The lowest BCUT2D eigenvalue weighted by molar-refractivity contribution is -0.437. The van der Waals surface area contributed by atoms with E-state index >= 15 is 0 Å². The number of allylic oxidation sites excluding steroid dienone is 4. The van der Waals surface area contributed by atoms with Crippen LogP contribution in [-0.4, -0.2) is 23.4 Å². The first-order valence-corrected chi connectivity index (χ1v) is 26.1. The average Bonchev–Trinajstić information content (AvgIpc) is 3.68. The smallest absolute Gasteiger partial charge is 0.209 e. The number of benzene rings is 2. The van der Waals surface area contributed by atoms with Crippen LogP contribution in [0.5, 0.6) is 0 Å². The Labute approximate surface area is 366 Å². The van der Waals surface area contributed by atoms with Gasteiger partial charge in [0.25, 0.3) is 0 Å². The first kappa shape index (κ1) is 49.0. The summed E-state index contributed by atoms with van der Waals surface area (Å²) in [5.74, 6) is 0.864. The second-order valence-corrected chi connectivity index (χ2v) is 18.8. The predicted octanol–water partition coefficient (Wildman–Crippen LogP) is 18.5. The largest absolute Gasteiger partial charge is 0.344 e. The lowest BCUT2D eigenvalue weighted by Gasteiger charge is -2.22. The van der Waals surface area contributed by atoms with Gasteiger partial charge in [0.15, 0.2) is 5.71 Å². The molecule has 2 aliphatic rings. The number of fused-ring (bicyclic) bond motifs is 2. The molecule has 2 nitrogen and oxygen atoms in total. The van der Waals surface area contributed by atoms with E-state index in [1.54, 1.807) is 0 Å². The van der Waals surface area contributed by atoms with E-state index in [0.29, 0.717) is 11.8 Å². The molecule has 2 unspecified atom stereocenters. The van der Waals surface area contributed by atoms with E-state index in [4.69, 9.17) is 0 Å². The molecule has 0 bridgehead atoms. The van der Waals surface area contributed by atoms with Crippen LogP contribution in [0.4, 0.5) is 11.4 Å². The van der Waals surface area contributed by atoms with Gasteiger partial charge in [-0.1, -0.05) is 249 Å². The van der Waals surface area contributed by atoms with Crippen LogP contribution in [0.1, 0.15) is 256 Å². The van der Waals surface area contributed by atoms with Crippen LogP contribution in [0, 0.1) is 0 Å². The second-order valence-electron chi connectivity index (χ2n) is 18.8. The van der Waals surface area contributed by atoms with Gasteiger partial charge in [-0.3, -0.25) is 0 Å². The van der Waals surface area contributed by atoms with E-state index in [9.17, 15) is 0 Å². The summed E-state index contributed by atoms with van der Waals surface area (Å²) >= 11 is 0. The Balaban J connectivity index is 1.17. The molecule has 2 aromatic rings. The lowest BCUT2D eigenvalue weighted by Crippen LogP contribution is -2.21. The highest BCUT2D eigenvalue weighted by Gasteiger charge is 2.34. The molecular weight excluding hydrogens is 713 g/mol. The monoisotopic (exact) mass is 806 g/mol. The first-order valence-electron chi connectivity index (χ1n) is 26.1. The third kappa shape index (κ3) is 18.1. The van der Waals surface area contributed by atoms with Crippen LogP contribution < -0.4 is 4.90 Å². The molecule has 2 aliphatic heterocycles. The number of hydrogen-bond acceptors (Lipinski definition) is 1. The van der Waals surface area contributed by atoms with Crippen molar-refractivity contribution in [1.82, 2.24) is 0 Å². The summed E-state index contributed by atoms with van der Waals surface area (Å²) < 4.78 is 2.65. The van der Waals surface area contributed by atoms with Gasteiger partial charge in [-0.15, -0.1) is 0 Å². The topological polar surface area (TPSA) is 6.25 Å². The van der Waals surface area contributed by atoms with Crippen LogP contribution in [-0.2, 0) is 0 Å². The van der Waals surface area contributed by atoms with Crippen molar-refractivity contribution < 1.29 is 4.58 Å². The van der Waals surface area contributed by atoms with E-state index in [1.165, 1.54) is 239 Å². The van der Waals surface area contributed by atoms with Gasteiger partial charge < -0.3 is 4.90 Å². The molecule has 0 saturated carbocycles. The molecule has 59 heavy (non-hydrogen) atoms. The van der Waals surface area contributed by atoms with Crippen molar-refractivity contribution in [2.75, 3.05) is 18.0 Å². The highest BCUT2D eigenvalue weighted by atomic mass is 15.2. The van der Waals surface area contributed by atoms with Crippen molar-refractivity contribution in [3.63, 3.8) is 0 Å². The summed E-state index contributed by atoms with van der Waals surface area (Å²) in [6.07, 6.45) is 52.7. The summed E-state index contributed by atoms with van der Waals surface area (Å²) in [5, 5.41) is 0. The maximum absolute atomic E-state index is 2.65. The minimum absolute atomic E-state index is 0.432. The van der Waals surface area contributed by atoms with Crippen molar-refractivity contribution in [3.05, 3.63) is 83.6 Å². The van der Waals surface area contributed by atoms with E-state index in [1.807, 2.05) is 0 Å². The molecule has 4 rings (SSSR count). The summed E-state index contributed by atoms with van der Waals surface area (Å²) in [4.78, 5) is 2.65. The molecule has 0 aliphatic carbocycles. The van der Waals surface area contributed by atoms with Crippen LogP contribution in [0.3, 0.4) is 0 Å². The minimum atomic E-state index is 0.432. The predicted molar refractivity (Wildman–Crippen MR) is 263 cm³/mol. The highest BCUT2D eigenvalue weighted by Crippen LogP contribution is 2.43. The van der Waals surface area contributed by atoms with Gasteiger partial charge in [0.1, 0.15) is 6.54 Å². The Kier molecular flexibility index (Phi) is 26.0. The van der Waals surface area contributed by atoms with Gasteiger partial charge in [-0.25, -0.2) is 0 Å². The molecular formula is C57H93N2+. The van der Waals surface area contributed by atoms with Gasteiger partial charge in [-0.2, -0.15) is 4.58 Å². The molecule has 2 atom stereocenters. The summed E-state index contributed by atoms with van der Waals surface area (Å²) in [5.41, 5.74) is 8.78. The number of rotatable bonds is 36. The highest BCUT2D eigenvalue weighted by molar-refractivity contribution is 6.00. The quantitative estimate of drug-likeness (QED) is 0.0491. The Hall–Kier alpha value is -2.61. The molecule has 330 valence electrons. The summed E-state index contributed by atoms with van der Waals surface area (Å²) in [6.45, 7) is 11.7. The fourth-order valence-electron chi connectivity index (χ4n) is 10.1. The maximum Gasteiger partial charge on any atom is 0.209 e. The van der Waals surface area contributed by atoms with Crippen LogP contribution >= 0.6 is 0 Å². The standard InChI is InChI=1S/C57H93N2/c1-5-7-9-11-13-15-17-19-21-23-25-27-29-31-33-39-48-58-54(50(3)52-42-35-37-44-56(52)58)46-41-47-55-51(4)53-43-36-38-45-57(53)59(55)49-40-34-32-30-28-26-24-22-20-18-16-14-12-10-8-6-2/h35-38,41-47,50-51H,5-34,39-40,48-49H2,1-4H3/q+1. The van der Waals surface area contributed by atoms with Crippen molar-refractivity contribution in [2.24, 2.45) is 0 Å². The fourth-order valence-corrected chi connectivity index (χ4v) is 10.1. The number of anilines is 1. The van der Waals surface area contributed by atoms with E-state index in [-0.39, 0.29) is 0 Å². The van der Waals surface area contributed by atoms with Gasteiger partial charge in [0.2, 0.25) is 5.69 Å². The maximum atomic E-state index is 2.65. The van der Waals surface area contributed by atoms with Gasteiger partial charge in [0, 0.05) is 48.0 Å². The van der Waals surface area contributed by atoms with Crippen molar-refractivity contribution >= 4 is 17.1 Å². The number of nitrogens with zero attached hydrogens (tertiary/aromatic N) is 2. The minimum Gasteiger partial charge on any atom is -0.344 e. The Bertz CT molecular complexity index is 1460. The Morgan fingerprint density at radius 1 is 0.458 bits per heavy atom. The van der Waals surface area contributed by atoms with Crippen LogP contribution in [0.15, 0.2) is 72.5 Å². The second kappa shape index (κ2) is 31.3. The summed E-state index contributed by atoms with van der Waals surface area (Å²) in [6, 6.07) is 18.3. The lowest BCUT2D eigenvalue weighted by atomic mass is 9.97. The average molecular weight is 806 g/mol. The molecule has 0 radical (unpaired) electrons. The van der Waals surface area contributed by atoms with E-state index in [0.717, 1.165) is 13.1 Å². The first-order chi connectivity index (χ1) is 29.2. The normalized spacial score (nSPS) is 16.9. The van der Waals surface area contributed by atoms with Crippen LogP contribution in [0.2, 0.25) is 0 Å². The van der Waals surface area contributed by atoms with Crippen molar-refractivity contribution in [3.8, 4) is 0 Å². The SMILES string of the molecule is CCCCCCCCCCCCCCCCCCN1/C(=C/C=C/C2=[N+](CCCCCCCCCCCCCCCCCC)c3ccccc3C2C)C(C)c2ccccc21. The third-order valence-electron chi connectivity index (χ3n) is 13.9. The van der Waals surface area contributed by atoms with Gasteiger partial charge in [-0.05, 0) is 37.5 Å².